The minimum Gasteiger partial charge on any atom is -0.480 e. The zero-order valence-corrected chi connectivity index (χ0v) is 31.4. The number of allylic oxidation sites excluding steroid dienone is 8. The number of carboxylic acids is 1. The van der Waals surface area contributed by atoms with E-state index in [0.29, 0.717) is 13.0 Å². The lowest BCUT2D eigenvalue weighted by atomic mass is 10.1. The zero-order chi connectivity index (χ0) is 36.3. The van der Waals surface area contributed by atoms with Crippen LogP contribution in [0.3, 0.4) is 0 Å². The van der Waals surface area contributed by atoms with E-state index < -0.39 is 45.1 Å². The number of nitrogens with two attached hydrogens (primary N) is 1. The summed E-state index contributed by atoms with van der Waals surface area (Å²) in [6.45, 7) is 3.66. The third kappa shape index (κ3) is 34.2. The molecule has 0 spiro atoms. The topological polar surface area (TPSA) is 155 Å². The van der Waals surface area contributed by atoms with Crippen LogP contribution in [0.15, 0.2) is 48.6 Å². The van der Waals surface area contributed by atoms with Crippen molar-refractivity contribution >= 4 is 19.8 Å². The Balaban J connectivity index is 4.38. The molecule has 0 amide bonds. The molecule has 0 saturated carbocycles. The van der Waals surface area contributed by atoms with Crippen molar-refractivity contribution in [2.45, 2.75) is 154 Å². The van der Waals surface area contributed by atoms with E-state index in [0.717, 1.165) is 89.9 Å². The van der Waals surface area contributed by atoms with Crippen LogP contribution >= 0.6 is 7.82 Å². The van der Waals surface area contributed by atoms with Crippen molar-refractivity contribution in [3.05, 3.63) is 48.6 Å². The fourth-order valence-electron chi connectivity index (χ4n) is 4.67. The summed E-state index contributed by atoms with van der Waals surface area (Å²) in [5, 5.41) is 8.86. The van der Waals surface area contributed by atoms with E-state index in [-0.39, 0.29) is 13.0 Å². The molecule has 0 heterocycles. The summed E-state index contributed by atoms with van der Waals surface area (Å²) in [5.74, 6) is -1.80. The third-order valence-corrected chi connectivity index (χ3v) is 8.54. The summed E-state index contributed by atoms with van der Waals surface area (Å²) in [5.41, 5.74) is 5.33. The minimum atomic E-state index is -4.62. The van der Waals surface area contributed by atoms with Crippen molar-refractivity contribution in [2.24, 2.45) is 5.73 Å². The molecule has 0 rings (SSSR count). The first kappa shape index (κ1) is 46.9. The average Bonchev–Trinajstić information content (AvgIpc) is 3.07. The fourth-order valence-corrected chi connectivity index (χ4v) is 5.45. The van der Waals surface area contributed by atoms with Crippen LogP contribution in [0.4, 0.5) is 0 Å². The summed E-state index contributed by atoms with van der Waals surface area (Å²) in [4.78, 5) is 33.4. The first-order valence-corrected chi connectivity index (χ1v) is 20.2. The highest BCUT2D eigenvalue weighted by atomic mass is 31.2. The van der Waals surface area contributed by atoms with E-state index in [1.54, 1.807) is 0 Å². The SMILES string of the molecule is CC/C=C\C/C=C\C/C=C\CCCCCCOCC(COP(=O)(O)OCC(N)C(=O)O)OC(=O)CCCCCCC/C=C\CCCCCC. The molecule has 10 nitrogen and oxygen atoms in total. The molecular weight excluding hydrogens is 645 g/mol. The van der Waals surface area contributed by atoms with Crippen LogP contribution in [-0.2, 0) is 32.7 Å². The monoisotopic (exact) mass is 713 g/mol. The molecule has 49 heavy (non-hydrogen) atoms. The quantitative estimate of drug-likeness (QED) is 0.0250. The van der Waals surface area contributed by atoms with Crippen molar-refractivity contribution in [1.82, 2.24) is 0 Å². The summed E-state index contributed by atoms with van der Waals surface area (Å²) >= 11 is 0. The summed E-state index contributed by atoms with van der Waals surface area (Å²) in [7, 11) is -4.62. The lowest BCUT2D eigenvalue weighted by Crippen LogP contribution is -2.34. The molecule has 0 aliphatic carbocycles. The predicted octanol–water partition coefficient (Wildman–Crippen LogP) is 9.53. The summed E-state index contributed by atoms with van der Waals surface area (Å²) in [6.07, 6.45) is 37.4. The normalized spacial score (nSPS) is 14.7. The molecule has 0 bridgehead atoms. The van der Waals surface area contributed by atoms with Gasteiger partial charge in [-0.3, -0.25) is 18.6 Å². The number of esters is 1. The van der Waals surface area contributed by atoms with Gasteiger partial charge in [-0.1, -0.05) is 114 Å². The molecule has 284 valence electrons. The molecule has 0 aromatic rings. The van der Waals surface area contributed by atoms with Crippen molar-refractivity contribution in [3.63, 3.8) is 0 Å². The molecule has 0 aromatic carbocycles. The van der Waals surface area contributed by atoms with Crippen molar-refractivity contribution in [1.29, 1.82) is 0 Å². The number of carbonyl (C=O) groups excluding carboxylic acids is 1. The number of hydrogen-bond donors (Lipinski definition) is 3. The average molecular weight is 714 g/mol. The molecule has 0 aliphatic heterocycles. The lowest BCUT2D eigenvalue weighted by molar-refractivity contribution is -0.154. The van der Waals surface area contributed by atoms with E-state index in [2.05, 4.69) is 67.0 Å². The van der Waals surface area contributed by atoms with Crippen molar-refractivity contribution < 1.29 is 42.7 Å². The number of rotatable bonds is 35. The van der Waals surface area contributed by atoms with Gasteiger partial charge in [-0.05, 0) is 70.6 Å². The molecule has 3 unspecified atom stereocenters. The Morgan fingerprint density at radius 3 is 1.80 bits per heavy atom. The molecule has 0 fully saturated rings. The molecule has 0 aromatic heterocycles. The number of carboxylic acid groups (broad SMARTS) is 1. The number of ether oxygens (including phenoxy) is 2. The second-order valence-corrected chi connectivity index (χ2v) is 13.8. The Kier molecular flexibility index (Phi) is 32.9. The van der Waals surface area contributed by atoms with Gasteiger partial charge in [-0.15, -0.1) is 0 Å². The van der Waals surface area contributed by atoms with E-state index in [4.69, 9.17) is 24.8 Å². The minimum absolute atomic E-state index is 0.00298. The Bertz CT molecular complexity index is 967. The Hall–Kier alpha value is -2.07. The fraction of sp³-hybridized carbons (Fsp3) is 0.737. The number of hydrogen-bond acceptors (Lipinski definition) is 8. The maximum Gasteiger partial charge on any atom is 0.472 e. The highest BCUT2D eigenvalue weighted by Crippen LogP contribution is 2.43. The van der Waals surface area contributed by atoms with Crippen LogP contribution in [-0.4, -0.2) is 60.5 Å². The molecule has 11 heteroatoms. The maximum atomic E-state index is 12.5. The smallest absolute Gasteiger partial charge is 0.472 e. The van der Waals surface area contributed by atoms with Crippen molar-refractivity contribution in [3.8, 4) is 0 Å². The van der Waals surface area contributed by atoms with Gasteiger partial charge < -0.3 is 25.2 Å². The second-order valence-electron chi connectivity index (χ2n) is 12.3. The van der Waals surface area contributed by atoms with Gasteiger partial charge in [0.05, 0.1) is 19.8 Å². The number of aliphatic carboxylic acids is 1. The van der Waals surface area contributed by atoms with Crippen LogP contribution in [0.2, 0.25) is 0 Å². The molecule has 4 N–H and O–H groups in total. The van der Waals surface area contributed by atoms with Crippen LogP contribution in [0.5, 0.6) is 0 Å². The Labute approximate surface area is 297 Å². The van der Waals surface area contributed by atoms with Gasteiger partial charge in [-0.2, -0.15) is 0 Å². The Morgan fingerprint density at radius 2 is 1.18 bits per heavy atom. The van der Waals surface area contributed by atoms with E-state index in [1.165, 1.54) is 25.7 Å². The number of phosphoric acid groups is 1. The van der Waals surface area contributed by atoms with Gasteiger partial charge in [0, 0.05) is 13.0 Å². The number of unbranched alkanes of at least 4 members (excludes halogenated alkanes) is 13. The van der Waals surface area contributed by atoms with Gasteiger partial charge in [0.1, 0.15) is 12.1 Å². The van der Waals surface area contributed by atoms with E-state index >= 15 is 0 Å². The van der Waals surface area contributed by atoms with Crippen LogP contribution in [0, 0.1) is 0 Å². The largest absolute Gasteiger partial charge is 0.480 e. The molecule has 0 aliphatic rings. The van der Waals surface area contributed by atoms with Crippen LogP contribution in [0.1, 0.15) is 142 Å². The van der Waals surface area contributed by atoms with Gasteiger partial charge in [0.2, 0.25) is 0 Å². The predicted molar refractivity (Wildman–Crippen MR) is 198 cm³/mol. The van der Waals surface area contributed by atoms with Gasteiger partial charge in [0.15, 0.2) is 0 Å². The van der Waals surface area contributed by atoms with Crippen molar-refractivity contribution in [2.75, 3.05) is 26.4 Å². The zero-order valence-electron chi connectivity index (χ0n) is 30.5. The first-order valence-electron chi connectivity index (χ1n) is 18.7. The first-order chi connectivity index (χ1) is 23.7. The van der Waals surface area contributed by atoms with E-state index in [1.807, 2.05) is 0 Å². The van der Waals surface area contributed by atoms with Gasteiger partial charge in [-0.25, -0.2) is 4.57 Å². The maximum absolute atomic E-state index is 12.5. The molecular formula is C38H68NO9P. The van der Waals surface area contributed by atoms with Crippen LogP contribution in [0.25, 0.3) is 0 Å². The molecule has 0 radical (unpaired) electrons. The highest BCUT2D eigenvalue weighted by molar-refractivity contribution is 7.47. The standard InChI is InChI=1S/C38H68NO9P/c1-3-5-7-9-11-13-15-17-19-21-23-25-27-29-31-45-32-35(33-46-49(43,44)47-34-36(39)38(41)42)48-37(40)30-28-26-24-22-20-18-16-14-12-10-8-6-4-2/h5,7,11,13-14,16-17,19,35-36H,3-4,6,8-10,12,15,18,20-34,39H2,1-2H3,(H,41,42)(H,43,44)/b7-5-,13-11-,16-14-,19-17-. The third-order valence-electron chi connectivity index (χ3n) is 7.59. The molecule has 3 atom stereocenters. The van der Waals surface area contributed by atoms with Gasteiger partial charge >= 0.3 is 19.8 Å². The highest BCUT2D eigenvalue weighted by Gasteiger charge is 2.27. The number of phosphoric ester groups is 1. The Morgan fingerprint density at radius 1 is 0.673 bits per heavy atom. The number of carbonyl (C=O) groups is 2. The molecule has 0 saturated heterocycles. The second kappa shape index (κ2) is 34.4. The van der Waals surface area contributed by atoms with Gasteiger partial charge in [0.25, 0.3) is 0 Å². The summed E-state index contributed by atoms with van der Waals surface area (Å²) in [6, 6.07) is -1.48. The summed E-state index contributed by atoms with van der Waals surface area (Å²) < 4.78 is 33.1. The lowest BCUT2D eigenvalue weighted by Gasteiger charge is -2.20. The van der Waals surface area contributed by atoms with Crippen LogP contribution < -0.4 is 5.73 Å². The van der Waals surface area contributed by atoms with E-state index in [9.17, 15) is 19.0 Å².